The Labute approximate surface area is 130 Å². The molecule has 0 bridgehead atoms. The fraction of sp³-hybridized carbons (Fsp3) is 0. The van der Waals surface area contributed by atoms with Gasteiger partial charge in [-0.2, -0.15) is 5.10 Å². The van der Waals surface area contributed by atoms with Crippen LogP contribution in [0.4, 0.5) is 0 Å². The maximum absolute atomic E-state index is 11.9. The number of hydrogen-bond acceptors (Lipinski definition) is 5. The van der Waals surface area contributed by atoms with Crippen molar-refractivity contribution in [1.29, 1.82) is 0 Å². The molecule has 0 radical (unpaired) electrons. The van der Waals surface area contributed by atoms with Crippen molar-refractivity contribution in [3.8, 4) is 11.3 Å². The molecule has 0 atom stereocenters. The quantitative estimate of drug-likeness (QED) is 0.437. The van der Waals surface area contributed by atoms with Crippen molar-refractivity contribution in [1.82, 2.24) is 15.2 Å². The highest BCUT2D eigenvalue weighted by Crippen LogP contribution is 2.30. The van der Waals surface area contributed by atoms with Crippen LogP contribution in [0.25, 0.3) is 17.1 Å². The van der Waals surface area contributed by atoms with Gasteiger partial charge in [-0.15, -0.1) is 0 Å². The van der Waals surface area contributed by atoms with E-state index in [-0.39, 0.29) is 11.6 Å². The number of rotatable bonds is 4. The highest BCUT2D eigenvalue weighted by molar-refractivity contribution is 6.30. The summed E-state index contributed by atoms with van der Waals surface area (Å²) < 4.78 is 5.39. The zero-order chi connectivity index (χ0) is 15.5. The molecule has 0 unspecified atom stereocenters. The molecule has 3 rings (SSSR count). The topological polar surface area (TPSA) is 92.0 Å². The molecule has 0 spiro atoms. The zero-order valence-corrected chi connectivity index (χ0v) is 11.9. The molecule has 0 amide bonds. The summed E-state index contributed by atoms with van der Waals surface area (Å²) in [5, 5.41) is 16.7. The van der Waals surface area contributed by atoms with Crippen LogP contribution < -0.4 is 0 Å². The molecule has 22 heavy (non-hydrogen) atoms. The summed E-state index contributed by atoms with van der Waals surface area (Å²) >= 11 is 5.95. The van der Waals surface area contributed by atoms with E-state index in [9.17, 15) is 9.90 Å². The van der Waals surface area contributed by atoms with Crippen molar-refractivity contribution in [2.24, 2.45) is 0 Å². The number of aromatic amines is 1. The van der Waals surface area contributed by atoms with Crippen LogP contribution in [0.3, 0.4) is 0 Å². The Morgan fingerprint density at radius 3 is 2.95 bits per heavy atom. The van der Waals surface area contributed by atoms with Gasteiger partial charge in [-0.3, -0.25) is 9.89 Å². The van der Waals surface area contributed by atoms with Crippen LogP contribution in [0.5, 0.6) is 0 Å². The lowest BCUT2D eigenvalue weighted by molar-refractivity contribution is 0.103. The summed E-state index contributed by atoms with van der Waals surface area (Å²) in [7, 11) is 0. The number of carbonyl (C=O) groups is 1. The van der Waals surface area contributed by atoms with E-state index in [2.05, 4.69) is 15.2 Å². The molecule has 0 fully saturated rings. The molecule has 2 aromatic heterocycles. The predicted octanol–water partition coefficient (Wildman–Crippen LogP) is 3.50. The normalized spacial score (nSPS) is 11.6. The minimum absolute atomic E-state index is 0.0411. The van der Waals surface area contributed by atoms with Gasteiger partial charge in [0.1, 0.15) is 17.8 Å². The third-order valence-electron chi connectivity index (χ3n) is 2.94. The minimum atomic E-state index is -0.492. The summed E-state index contributed by atoms with van der Waals surface area (Å²) in [6.45, 7) is 0. The first-order chi connectivity index (χ1) is 10.6. The minimum Gasteiger partial charge on any atom is -0.507 e. The second-order valence-electron chi connectivity index (χ2n) is 4.40. The van der Waals surface area contributed by atoms with Crippen LogP contribution in [0.15, 0.2) is 53.4 Å². The first-order valence-electron chi connectivity index (χ1n) is 6.29. The summed E-state index contributed by atoms with van der Waals surface area (Å²) in [6, 6.07) is 8.56. The van der Waals surface area contributed by atoms with Crippen molar-refractivity contribution in [3.63, 3.8) is 0 Å². The monoisotopic (exact) mass is 315 g/mol. The summed E-state index contributed by atoms with van der Waals surface area (Å²) in [4.78, 5) is 15.6. The Morgan fingerprint density at radius 2 is 2.23 bits per heavy atom. The Hall–Kier alpha value is -2.86. The van der Waals surface area contributed by atoms with Gasteiger partial charge in [-0.25, -0.2) is 4.98 Å². The van der Waals surface area contributed by atoms with E-state index in [0.29, 0.717) is 21.9 Å². The van der Waals surface area contributed by atoms with Gasteiger partial charge in [-0.05, 0) is 18.2 Å². The van der Waals surface area contributed by atoms with Gasteiger partial charge in [-0.1, -0.05) is 23.7 Å². The van der Waals surface area contributed by atoms with Crippen LogP contribution in [-0.4, -0.2) is 26.1 Å². The number of H-pyrrole nitrogens is 1. The highest BCUT2D eigenvalue weighted by Gasteiger charge is 2.15. The van der Waals surface area contributed by atoms with Gasteiger partial charge < -0.3 is 9.52 Å². The van der Waals surface area contributed by atoms with Crippen molar-refractivity contribution in [2.75, 3.05) is 0 Å². The Kier molecular flexibility index (Phi) is 3.76. The molecule has 2 N–H and O–H groups in total. The molecular weight excluding hydrogens is 306 g/mol. The molecule has 6 nitrogen and oxygen atoms in total. The largest absolute Gasteiger partial charge is 0.507 e. The number of halogens is 1. The average Bonchev–Trinajstić information content (AvgIpc) is 3.18. The van der Waals surface area contributed by atoms with Crippen LogP contribution in [0, 0.1) is 0 Å². The van der Waals surface area contributed by atoms with Gasteiger partial charge in [0.2, 0.25) is 5.78 Å². The van der Waals surface area contributed by atoms with Gasteiger partial charge in [0.25, 0.3) is 0 Å². The number of aliphatic hydroxyl groups is 1. The SMILES string of the molecule is O=C(C=C(O)c1ccoc1-c1cccc(Cl)c1)c1ncn[nH]1. The number of aliphatic hydroxyl groups excluding tert-OH is 1. The fourth-order valence-electron chi connectivity index (χ4n) is 1.96. The smallest absolute Gasteiger partial charge is 0.226 e. The van der Waals surface area contributed by atoms with E-state index in [1.807, 2.05) is 0 Å². The number of furan rings is 1. The molecule has 1 aromatic carbocycles. The van der Waals surface area contributed by atoms with Crippen molar-refractivity contribution >= 4 is 23.1 Å². The highest BCUT2D eigenvalue weighted by atomic mass is 35.5. The molecule has 0 saturated carbocycles. The fourth-order valence-corrected chi connectivity index (χ4v) is 2.15. The second-order valence-corrected chi connectivity index (χ2v) is 4.84. The zero-order valence-electron chi connectivity index (χ0n) is 11.2. The summed E-state index contributed by atoms with van der Waals surface area (Å²) in [5.41, 5.74) is 1.08. The second kappa shape index (κ2) is 5.87. The predicted molar refractivity (Wildman–Crippen MR) is 80.5 cm³/mol. The van der Waals surface area contributed by atoms with Crippen molar-refractivity contribution < 1.29 is 14.3 Å². The number of aromatic nitrogens is 3. The molecule has 110 valence electrons. The number of ketones is 1. The van der Waals surface area contributed by atoms with Crippen LogP contribution >= 0.6 is 11.6 Å². The molecule has 2 heterocycles. The lowest BCUT2D eigenvalue weighted by Gasteiger charge is -2.02. The Bertz CT molecular complexity index is 837. The molecule has 0 aliphatic carbocycles. The lowest BCUT2D eigenvalue weighted by Crippen LogP contribution is -1.99. The number of carbonyl (C=O) groups excluding carboxylic acids is 1. The van der Waals surface area contributed by atoms with E-state index in [0.717, 1.165) is 6.08 Å². The molecule has 0 saturated heterocycles. The standard InChI is InChI=1S/C15H10ClN3O3/c16-10-3-1-2-9(6-10)14-11(4-5-22-14)12(20)7-13(21)15-17-8-18-19-15/h1-8,20H,(H,17,18,19). The Morgan fingerprint density at radius 1 is 1.36 bits per heavy atom. The van der Waals surface area contributed by atoms with E-state index in [1.165, 1.54) is 12.6 Å². The van der Waals surface area contributed by atoms with Crippen LogP contribution in [0.1, 0.15) is 16.2 Å². The first-order valence-corrected chi connectivity index (χ1v) is 6.67. The molecule has 0 aliphatic heterocycles. The number of nitrogens with one attached hydrogen (secondary N) is 1. The maximum Gasteiger partial charge on any atom is 0.226 e. The number of nitrogens with zero attached hydrogens (tertiary/aromatic N) is 2. The van der Waals surface area contributed by atoms with Crippen molar-refractivity contribution in [3.05, 3.63) is 65.4 Å². The number of benzene rings is 1. The van der Waals surface area contributed by atoms with E-state index in [1.54, 1.807) is 30.3 Å². The number of hydrogen-bond donors (Lipinski definition) is 2. The van der Waals surface area contributed by atoms with E-state index in [4.69, 9.17) is 16.0 Å². The van der Waals surface area contributed by atoms with Crippen molar-refractivity contribution in [2.45, 2.75) is 0 Å². The van der Waals surface area contributed by atoms with E-state index >= 15 is 0 Å². The van der Waals surface area contributed by atoms with Gasteiger partial charge in [0.05, 0.1) is 11.8 Å². The number of allylic oxidation sites excluding steroid dienone is 1. The third kappa shape index (κ3) is 2.77. The first kappa shape index (κ1) is 14.1. The third-order valence-corrected chi connectivity index (χ3v) is 3.18. The van der Waals surface area contributed by atoms with Gasteiger partial charge >= 0.3 is 0 Å². The Balaban J connectivity index is 1.96. The summed E-state index contributed by atoms with van der Waals surface area (Å²) in [5.74, 6) is -0.265. The maximum atomic E-state index is 11.9. The summed E-state index contributed by atoms with van der Waals surface area (Å²) in [6.07, 6.45) is 3.70. The molecular formula is C15H10ClN3O3. The molecule has 7 heteroatoms. The van der Waals surface area contributed by atoms with Crippen LogP contribution in [0.2, 0.25) is 5.02 Å². The van der Waals surface area contributed by atoms with Gasteiger partial charge in [0, 0.05) is 16.7 Å². The molecule has 0 aliphatic rings. The average molecular weight is 316 g/mol. The van der Waals surface area contributed by atoms with Crippen LogP contribution in [-0.2, 0) is 0 Å². The van der Waals surface area contributed by atoms with Gasteiger partial charge in [0.15, 0.2) is 5.82 Å². The van der Waals surface area contributed by atoms with E-state index < -0.39 is 5.78 Å². The lowest BCUT2D eigenvalue weighted by atomic mass is 10.1. The molecule has 3 aromatic rings.